The van der Waals surface area contributed by atoms with Gasteiger partial charge in [-0.25, -0.2) is 4.99 Å². The number of thioether (sulfide) groups is 1. The van der Waals surface area contributed by atoms with E-state index in [2.05, 4.69) is 5.32 Å². The molecule has 0 unspecified atom stereocenters. The number of nitrogens with one attached hydrogen (secondary N) is 1. The molecule has 168 valence electrons. The number of benzene rings is 2. The number of amides is 1. The molecule has 2 aromatic rings. The maximum Gasteiger partial charge on any atom is 0.234 e. The van der Waals surface area contributed by atoms with Crippen molar-refractivity contribution in [3.05, 3.63) is 62.1 Å². The molecule has 0 radical (unpaired) electrons. The van der Waals surface area contributed by atoms with Crippen molar-refractivity contribution in [3.8, 4) is 0 Å². The van der Waals surface area contributed by atoms with Crippen LogP contribution in [0.2, 0.25) is 20.1 Å². The van der Waals surface area contributed by atoms with Gasteiger partial charge < -0.3 is 5.32 Å². The van der Waals surface area contributed by atoms with Gasteiger partial charge in [0.2, 0.25) is 5.91 Å². The zero-order valence-corrected chi connectivity index (χ0v) is 21.0. The lowest BCUT2D eigenvalue weighted by Gasteiger charge is -2.20. The van der Waals surface area contributed by atoms with Crippen LogP contribution >= 0.6 is 58.2 Å². The number of aliphatic imine (C=N–C) groups is 2. The number of hydrogen-bond acceptors (Lipinski definition) is 4. The van der Waals surface area contributed by atoms with Gasteiger partial charge in [0.25, 0.3) is 0 Å². The van der Waals surface area contributed by atoms with E-state index >= 15 is 0 Å². The van der Waals surface area contributed by atoms with E-state index in [1.807, 2.05) is 12.1 Å². The van der Waals surface area contributed by atoms with Crippen LogP contribution in [0, 0.1) is 0 Å². The van der Waals surface area contributed by atoms with Crippen molar-refractivity contribution in [3.63, 3.8) is 0 Å². The molecule has 1 saturated carbocycles. The number of rotatable bonds is 4. The predicted octanol–water partition coefficient (Wildman–Crippen LogP) is 7.92. The Morgan fingerprint density at radius 3 is 2.19 bits per heavy atom. The highest BCUT2D eigenvalue weighted by molar-refractivity contribution is 8.16. The highest BCUT2D eigenvalue weighted by atomic mass is 35.5. The van der Waals surface area contributed by atoms with E-state index in [0.29, 0.717) is 25.8 Å². The maximum absolute atomic E-state index is 12.6. The summed E-state index contributed by atoms with van der Waals surface area (Å²) in [6.07, 6.45) is 6.41. The summed E-state index contributed by atoms with van der Waals surface area (Å²) in [4.78, 5) is 22.7. The zero-order chi connectivity index (χ0) is 22.7. The Morgan fingerprint density at radius 1 is 0.875 bits per heavy atom. The Kier molecular flexibility index (Phi) is 7.73. The second-order valence-corrected chi connectivity index (χ2v) is 10.5. The smallest absolute Gasteiger partial charge is 0.234 e. The van der Waals surface area contributed by atoms with Crippen molar-refractivity contribution in [2.45, 2.75) is 44.2 Å². The second kappa shape index (κ2) is 10.4. The van der Waals surface area contributed by atoms with Crippen LogP contribution in [0.15, 0.2) is 46.4 Å². The van der Waals surface area contributed by atoms with Gasteiger partial charge in [-0.1, -0.05) is 77.1 Å². The zero-order valence-electron chi connectivity index (χ0n) is 17.1. The van der Waals surface area contributed by atoms with Crippen LogP contribution in [-0.4, -0.2) is 28.1 Å². The van der Waals surface area contributed by atoms with Gasteiger partial charge in [-0.15, -0.1) is 0 Å². The molecule has 0 aromatic heterocycles. The molecule has 0 bridgehead atoms. The molecule has 4 rings (SSSR count). The van der Waals surface area contributed by atoms with E-state index in [4.69, 9.17) is 56.4 Å². The van der Waals surface area contributed by atoms with Crippen molar-refractivity contribution >= 4 is 80.5 Å². The van der Waals surface area contributed by atoms with Gasteiger partial charge >= 0.3 is 0 Å². The number of anilines is 1. The van der Waals surface area contributed by atoms with Crippen LogP contribution in [0.1, 0.15) is 44.1 Å². The van der Waals surface area contributed by atoms with Gasteiger partial charge in [0.05, 0.1) is 31.6 Å². The molecule has 1 aliphatic heterocycles. The molecule has 32 heavy (non-hydrogen) atoms. The molecule has 1 fully saturated rings. The SMILES string of the molecule is O=C(CSC1=NC2(CCCCCC2)N=C1c1ccc(Cl)c(Cl)c1)Nc1ccc(Cl)c(Cl)c1. The summed E-state index contributed by atoms with van der Waals surface area (Å²) >= 11 is 25.7. The standard InChI is InChI=1S/C23H21Cl4N3OS/c24-16-7-5-14(11-18(16)26)21-22(30-23(29-21)9-3-1-2-4-10-23)32-13-20(31)28-15-6-8-17(25)19(27)12-15/h5-8,11-12H,1-4,9-10,13H2,(H,28,31). The molecular formula is C23H21Cl4N3OS. The van der Waals surface area contributed by atoms with Gasteiger partial charge in [0.15, 0.2) is 5.66 Å². The minimum Gasteiger partial charge on any atom is -0.325 e. The van der Waals surface area contributed by atoms with Crippen LogP contribution in [-0.2, 0) is 4.79 Å². The van der Waals surface area contributed by atoms with Crippen LogP contribution in [0.3, 0.4) is 0 Å². The Labute approximate surface area is 211 Å². The molecule has 1 spiro atoms. The Morgan fingerprint density at radius 2 is 1.53 bits per heavy atom. The Bertz CT molecular complexity index is 1090. The lowest BCUT2D eigenvalue weighted by atomic mass is 10.0. The molecule has 1 heterocycles. The van der Waals surface area contributed by atoms with E-state index in [1.165, 1.54) is 24.6 Å². The summed E-state index contributed by atoms with van der Waals surface area (Å²) in [6, 6.07) is 10.5. The van der Waals surface area contributed by atoms with E-state index in [0.717, 1.165) is 42.0 Å². The summed E-state index contributed by atoms with van der Waals surface area (Å²) in [5.74, 6) is 0.0292. The first kappa shape index (κ1) is 23.9. The first-order valence-electron chi connectivity index (χ1n) is 10.4. The minimum absolute atomic E-state index is 0.161. The molecule has 2 aliphatic rings. The fourth-order valence-corrected chi connectivity index (χ4v) is 5.35. The maximum atomic E-state index is 12.6. The topological polar surface area (TPSA) is 53.8 Å². The molecule has 0 saturated heterocycles. The molecule has 1 amide bonds. The molecular weight excluding hydrogens is 508 g/mol. The number of carbonyl (C=O) groups excluding carboxylic acids is 1. The van der Waals surface area contributed by atoms with Crippen LogP contribution in [0.25, 0.3) is 0 Å². The fourth-order valence-electron chi connectivity index (χ4n) is 3.88. The second-order valence-electron chi connectivity index (χ2n) is 7.87. The molecule has 0 atom stereocenters. The third kappa shape index (κ3) is 5.63. The molecule has 9 heteroatoms. The highest BCUT2D eigenvalue weighted by Gasteiger charge is 2.37. The van der Waals surface area contributed by atoms with E-state index in [9.17, 15) is 4.79 Å². The fraction of sp³-hybridized carbons (Fsp3) is 0.348. The quantitative estimate of drug-likeness (QED) is 0.438. The van der Waals surface area contributed by atoms with Crippen molar-refractivity contribution in [2.24, 2.45) is 9.98 Å². The Hall–Kier alpha value is -1.24. The van der Waals surface area contributed by atoms with Gasteiger partial charge in [0, 0.05) is 11.3 Å². The highest BCUT2D eigenvalue weighted by Crippen LogP contribution is 2.38. The van der Waals surface area contributed by atoms with Crippen molar-refractivity contribution in [2.75, 3.05) is 11.1 Å². The van der Waals surface area contributed by atoms with Gasteiger partial charge in [-0.05, 0) is 56.0 Å². The first-order valence-corrected chi connectivity index (χ1v) is 12.9. The number of carbonyl (C=O) groups is 1. The molecule has 1 aliphatic carbocycles. The van der Waals surface area contributed by atoms with Crippen molar-refractivity contribution in [1.82, 2.24) is 0 Å². The van der Waals surface area contributed by atoms with Gasteiger partial charge in [0.1, 0.15) is 5.04 Å². The van der Waals surface area contributed by atoms with Crippen LogP contribution in [0.5, 0.6) is 0 Å². The third-order valence-electron chi connectivity index (χ3n) is 5.47. The van der Waals surface area contributed by atoms with Crippen molar-refractivity contribution < 1.29 is 4.79 Å². The van der Waals surface area contributed by atoms with Crippen LogP contribution in [0.4, 0.5) is 5.69 Å². The third-order valence-corrected chi connectivity index (χ3v) is 7.92. The normalized spacial score (nSPS) is 17.6. The number of hydrogen-bond donors (Lipinski definition) is 1. The van der Waals surface area contributed by atoms with Crippen LogP contribution < -0.4 is 5.32 Å². The summed E-state index contributed by atoms with van der Waals surface area (Å²) in [5, 5.41) is 5.40. The predicted molar refractivity (Wildman–Crippen MR) is 138 cm³/mol. The largest absolute Gasteiger partial charge is 0.325 e. The lowest BCUT2D eigenvalue weighted by Crippen LogP contribution is -2.20. The number of nitrogens with zero attached hydrogens (tertiary/aromatic N) is 2. The lowest BCUT2D eigenvalue weighted by molar-refractivity contribution is -0.113. The average Bonchev–Trinajstić information content (AvgIpc) is 2.96. The average molecular weight is 529 g/mol. The molecule has 2 aromatic carbocycles. The van der Waals surface area contributed by atoms with Gasteiger partial charge in [-0.2, -0.15) is 0 Å². The van der Waals surface area contributed by atoms with E-state index in [1.54, 1.807) is 24.3 Å². The number of halogens is 4. The first-order chi connectivity index (χ1) is 15.3. The Balaban J connectivity index is 1.53. The summed E-state index contributed by atoms with van der Waals surface area (Å²) in [6.45, 7) is 0. The van der Waals surface area contributed by atoms with E-state index in [-0.39, 0.29) is 11.7 Å². The molecule has 4 nitrogen and oxygen atoms in total. The summed E-state index contributed by atoms with van der Waals surface area (Å²) in [7, 11) is 0. The summed E-state index contributed by atoms with van der Waals surface area (Å²) < 4.78 is 0. The van der Waals surface area contributed by atoms with E-state index < -0.39 is 5.66 Å². The monoisotopic (exact) mass is 527 g/mol. The van der Waals surface area contributed by atoms with Crippen molar-refractivity contribution in [1.29, 1.82) is 0 Å². The van der Waals surface area contributed by atoms with Gasteiger partial charge in [-0.3, -0.25) is 9.79 Å². The molecule has 1 N–H and O–H groups in total. The summed E-state index contributed by atoms with van der Waals surface area (Å²) in [5.41, 5.74) is 1.78. The minimum atomic E-state index is -0.444.